The zero-order valence-corrected chi connectivity index (χ0v) is 19.1. The lowest BCUT2D eigenvalue weighted by Gasteiger charge is -2.12. The number of hydrogen-bond donors (Lipinski definition) is 0. The maximum absolute atomic E-state index is 11.9. The highest BCUT2D eigenvalue weighted by Crippen LogP contribution is 2.37. The van der Waals surface area contributed by atoms with Crippen molar-refractivity contribution in [3.63, 3.8) is 0 Å². The van der Waals surface area contributed by atoms with E-state index in [9.17, 15) is 9.59 Å². The van der Waals surface area contributed by atoms with Gasteiger partial charge in [0.05, 0.1) is 11.1 Å². The molecule has 0 amide bonds. The smallest absolute Gasteiger partial charge is 0.346 e. The van der Waals surface area contributed by atoms with Gasteiger partial charge in [-0.15, -0.1) is 23.5 Å². The Morgan fingerprint density at radius 3 is 1.52 bits per heavy atom. The molecule has 0 unspecified atom stereocenters. The van der Waals surface area contributed by atoms with Crippen molar-refractivity contribution in [3.05, 3.63) is 35.4 Å². The van der Waals surface area contributed by atoms with E-state index in [-0.39, 0.29) is 0 Å². The van der Waals surface area contributed by atoms with Crippen LogP contribution in [-0.4, -0.2) is 23.4 Å². The van der Waals surface area contributed by atoms with Gasteiger partial charge in [0.15, 0.2) is 0 Å². The van der Waals surface area contributed by atoms with E-state index in [1.54, 1.807) is 0 Å². The number of benzene rings is 2. The molecule has 0 radical (unpaired) electrons. The Morgan fingerprint density at radius 2 is 1.10 bits per heavy atom. The van der Waals surface area contributed by atoms with Crippen LogP contribution in [0.15, 0.2) is 34.1 Å². The minimum atomic E-state index is -0.532. The quantitative estimate of drug-likeness (QED) is 0.151. The Morgan fingerprint density at radius 1 is 0.655 bits per heavy atom. The highest BCUT2D eigenvalue weighted by Gasteiger charge is 2.30. The van der Waals surface area contributed by atoms with Crippen LogP contribution >= 0.6 is 23.5 Å². The van der Waals surface area contributed by atoms with Crippen molar-refractivity contribution in [1.82, 2.24) is 0 Å². The van der Waals surface area contributed by atoms with E-state index < -0.39 is 11.9 Å². The first-order valence-electron chi connectivity index (χ1n) is 10.8. The average Bonchev–Trinajstić information content (AvgIpc) is 2.99. The molecule has 0 aliphatic carbocycles. The van der Waals surface area contributed by atoms with Gasteiger partial charge in [-0.05, 0) is 59.4 Å². The fourth-order valence-corrected chi connectivity index (χ4v) is 5.80. The summed E-state index contributed by atoms with van der Waals surface area (Å²) in [5, 5.41) is 2.00. The van der Waals surface area contributed by atoms with Gasteiger partial charge in [0.1, 0.15) is 0 Å². The Bertz CT molecular complexity index is 806. The SMILES string of the molecule is CCCCCCSc1cc2cc3c(cc2cc1SCCCCCC)C(=O)OC3=O. The Hall–Kier alpha value is -1.46. The molecule has 0 saturated heterocycles. The maximum atomic E-state index is 11.9. The molecule has 29 heavy (non-hydrogen) atoms. The number of fused-ring (bicyclic) bond motifs is 2. The molecule has 1 aliphatic rings. The molecule has 0 aromatic heterocycles. The third-order valence-corrected chi connectivity index (χ3v) is 7.59. The second-order valence-corrected chi connectivity index (χ2v) is 9.81. The Kier molecular flexibility index (Phi) is 8.49. The number of thioether (sulfide) groups is 2. The maximum Gasteiger partial charge on any atom is 0.346 e. The summed E-state index contributed by atoms with van der Waals surface area (Å²) in [6, 6.07) is 8.00. The van der Waals surface area contributed by atoms with E-state index in [2.05, 4.69) is 26.0 Å². The third-order valence-electron chi connectivity index (χ3n) is 5.18. The Balaban J connectivity index is 1.82. The highest BCUT2D eigenvalue weighted by atomic mass is 32.2. The molecule has 2 aromatic rings. The zero-order valence-electron chi connectivity index (χ0n) is 17.4. The van der Waals surface area contributed by atoms with Crippen LogP contribution in [0.3, 0.4) is 0 Å². The molecular weight excluding hydrogens is 400 g/mol. The van der Waals surface area contributed by atoms with Crippen molar-refractivity contribution in [2.45, 2.75) is 75.0 Å². The average molecular weight is 431 g/mol. The van der Waals surface area contributed by atoms with Crippen LogP contribution in [0, 0.1) is 0 Å². The second kappa shape index (κ2) is 11.1. The van der Waals surface area contributed by atoms with Gasteiger partial charge in [0, 0.05) is 9.79 Å². The fourth-order valence-electron chi connectivity index (χ4n) is 3.49. The van der Waals surface area contributed by atoms with E-state index in [0.29, 0.717) is 11.1 Å². The number of unbranched alkanes of at least 4 members (excludes halogenated alkanes) is 6. The van der Waals surface area contributed by atoms with Gasteiger partial charge < -0.3 is 4.74 Å². The van der Waals surface area contributed by atoms with Crippen molar-refractivity contribution < 1.29 is 14.3 Å². The molecule has 3 rings (SSSR count). The summed E-state index contributed by atoms with van der Waals surface area (Å²) < 4.78 is 4.78. The second-order valence-electron chi connectivity index (χ2n) is 7.54. The molecule has 156 valence electrons. The minimum absolute atomic E-state index is 0.390. The van der Waals surface area contributed by atoms with E-state index in [1.165, 1.54) is 61.2 Å². The number of carbonyl (C=O) groups is 2. The van der Waals surface area contributed by atoms with E-state index in [4.69, 9.17) is 4.74 Å². The Labute approximate surface area is 182 Å². The van der Waals surface area contributed by atoms with Crippen molar-refractivity contribution in [2.75, 3.05) is 11.5 Å². The molecule has 0 atom stereocenters. The number of ether oxygens (including phenoxy) is 1. The van der Waals surface area contributed by atoms with Gasteiger partial charge in [-0.2, -0.15) is 0 Å². The van der Waals surface area contributed by atoms with Gasteiger partial charge in [-0.3, -0.25) is 0 Å². The van der Waals surface area contributed by atoms with E-state index >= 15 is 0 Å². The lowest BCUT2D eigenvalue weighted by Crippen LogP contribution is -1.96. The molecule has 0 spiro atoms. The van der Waals surface area contributed by atoms with Crippen LogP contribution in [-0.2, 0) is 4.74 Å². The minimum Gasteiger partial charge on any atom is -0.386 e. The first-order valence-corrected chi connectivity index (χ1v) is 12.7. The van der Waals surface area contributed by atoms with E-state index in [0.717, 1.165) is 22.3 Å². The summed E-state index contributed by atoms with van der Waals surface area (Å²) in [5.74, 6) is 1.16. The molecule has 5 heteroatoms. The van der Waals surface area contributed by atoms with Crippen LogP contribution in [0.25, 0.3) is 10.8 Å². The molecule has 1 aliphatic heterocycles. The molecule has 0 saturated carbocycles. The number of carbonyl (C=O) groups excluding carboxylic acids is 2. The third kappa shape index (κ3) is 5.79. The summed E-state index contributed by atoms with van der Waals surface area (Å²) in [7, 11) is 0. The fraction of sp³-hybridized carbons (Fsp3) is 0.500. The summed E-state index contributed by atoms with van der Waals surface area (Å²) >= 11 is 3.82. The lowest BCUT2D eigenvalue weighted by molar-refractivity contribution is 0.0444. The molecule has 1 heterocycles. The topological polar surface area (TPSA) is 43.4 Å². The van der Waals surface area contributed by atoms with Crippen LogP contribution in [0.1, 0.15) is 85.9 Å². The normalized spacial score (nSPS) is 13.2. The van der Waals surface area contributed by atoms with Crippen molar-refractivity contribution in [2.24, 2.45) is 0 Å². The highest BCUT2D eigenvalue weighted by molar-refractivity contribution is 8.02. The monoisotopic (exact) mass is 430 g/mol. The van der Waals surface area contributed by atoms with Crippen LogP contribution < -0.4 is 0 Å². The molecule has 0 bridgehead atoms. The zero-order chi connectivity index (χ0) is 20.6. The summed E-state index contributed by atoms with van der Waals surface area (Å²) in [4.78, 5) is 26.4. The predicted octanol–water partition coefficient (Wildman–Crippen LogP) is 7.50. The first kappa shape index (κ1) is 22.2. The number of cyclic esters (lactones) is 2. The molecule has 0 fully saturated rings. The standard InChI is InChI=1S/C24H30O3S2/c1-3-5-7-9-11-28-21-15-17-13-19-20(24(26)27-23(19)25)14-18(17)16-22(21)29-12-10-8-6-4-2/h13-16H,3-12H2,1-2H3. The van der Waals surface area contributed by atoms with Crippen molar-refractivity contribution in [3.8, 4) is 0 Å². The van der Waals surface area contributed by atoms with Crippen LogP contribution in [0.4, 0.5) is 0 Å². The van der Waals surface area contributed by atoms with Crippen molar-refractivity contribution in [1.29, 1.82) is 0 Å². The molecule has 3 nitrogen and oxygen atoms in total. The van der Waals surface area contributed by atoms with Crippen LogP contribution in [0.2, 0.25) is 0 Å². The largest absolute Gasteiger partial charge is 0.386 e. The molecule has 2 aromatic carbocycles. The van der Waals surface area contributed by atoms with Crippen LogP contribution in [0.5, 0.6) is 0 Å². The van der Waals surface area contributed by atoms with Gasteiger partial charge in [-0.25, -0.2) is 9.59 Å². The van der Waals surface area contributed by atoms with E-state index in [1.807, 2.05) is 35.7 Å². The number of rotatable bonds is 12. The number of esters is 2. The summed E-state index contributed by atoms with van der Waals surface area (Å²) in [5.41, 5.74) is 0.780. The lowest BCUT2D eigenvalue weighted by atomic mass is 10.0. The number of hydrogen-bond acceptors (Lipinski definition) is 5. The van der Waals surface area contributed by atoms with Gasteiger partial charge in [0.2, 0.25) is 0 Å². The summed E-state index contributed by atoms with van der Waals surface area (Å²) in [6.07, 6.45) is 10.1. The predicted molar refractivity (Wildman–Crippen MR) is 123 cm³/mol. The van der Waals surface area contributed by atoms with Gasteiger partial charge in [-0.1, -0.05) is 52.4 Å². The first-order chi connectivity index (χ1) is 14.1. The van der Waals surface area contributed by atoms with Crippen molar-refractivity contribution >= 4 is 46.2 Å². The molecular formula is C24H30O3S2. The van der Waals surface area contributed by atoms with Gasteiger partial charge >= 0.3 is 11.9 Å². The molecule has 0 N–H and O–H groups in total. The summed E-state index contributed by atoms with van der Waals surface area (Å²) in [6.45, 7) is 4.47. The van der Waals surface area contributed by atoms with Gasteiger partial charge in [0.25, 0.3) is 0 Å².